The lowest BCUT2D eigenvalue weighted by molar-refractivity contribution is 0.793. The van der Waals surface area contributed by atoms with Crippen LogP contribution in [0.25, 0.3) is 88.3 Å². The van der Waals surface area contributed by atoms with Gasteiger partial charge in [-0.15, -0.1) is 0 Å². The maximum absolute atomic E-state index is 2.54. The molecule has 0 atom stereocenters. The molecule has 0 saturated heterocycles. The summed E-state index contributed by atoms with van der Waals surface area (Å²) in [4.78, 5) is 2.54. The molecule has 14 rings (SSSR count). The minimum absolute atomic E-state index is 0.464. The standard InChI is InChI=1S/C63H39N/c1-2-18-43-40(17-1)37-62(56-29-10-9-19-44(43)56)64(41-33-35-51-49-24-6-5-22-47(49)45-20-3-4-21-46(45)48-23-7-8-25-50(48)57(51)38-41)42-34-36-55-54-28-13-16-32-60(54)63(61(55)39-42)58-30-14-11-26-52(58)53-27-12-15-31-59(53)63/h1-39H. The van der Waals surface area contributed by atoms with Gasteiger partial charge in [-0.25, -0.2) is 0 Å². The third-order valence-electron chi connectivity index (χ3n) is 14.4. The SMILES string of the molecule is c1ccc2c(c1)-c1ccccc1-c1ccc(N(c3ccc4c(c3)C3(c5ccccc5-c5ccccc53)c3ccccc3-4)c3cc4ccccc4c4ccccc34)cc1-c1ccccc1-2. The molecule has 1 spiro atoms. The Hall–Kier alpha value is -8.26. The number of rotatable bonds is 3. The number of benzene rings is 11. The van der Waals surface area contributed by atoms with Crippen LogP contribution < -0.4 is 4.90 Å². The molecular formula is C63H39N. The molecule has 1 nitrogen and oxygen atoms in total. The molecule has 0 N–H and O–H groups in total. The van der Waals surface area contributed by atoms with Gasteiger partial charge in [0.15, 0.2) is 0 Å². The highest BCUT2D eigenvalue weighted by Crippen LogP contribution is 2.63. The summed E-state index contributed by atoms with van der Waals surface area (Å²) >= 11 is 0. The van der Waals surface area contributed by atoms with Gasteiger partial charge in [0.2, 0.25) is 0 Å². The lowest BCUT2D eigenvalue weighted by atomic mass is 9.70. The van der Waals surface area contributed by atoms with E-state index in [1.165, 1.54) is 111 Å². The second-order valence-electron chi connectivity index (χ2n) is 17.5. The van der Waals surface area contributed by atoms with Gasteiger partial charge < -0.3 is 4.90 Å². The minimum Gasteiger partial charge on any atom is -0.310 e. The molecule has 3 aliphatic carbocycles. The minimum atomic E-state index is -0.464. The molecule has 0 heterocycles. The lowest BCUT2D eigenvalue weighted by Crippen LogP contribution is -2.26. The van der Waals surface area contributed by atoms with Gasteiger partial charge in [-0.3, -0.25) is 0 Å². The van der Waals surface area contributed by atoms with Crippen molar-refractivity contribution in [3.05, 3.63) is 259 Å². The summed E-state index contributed by atoms with van der Waals surface area (Å²) < 4.78 is 0. The first kappa shape index (κ1) is 35.3. The summed E-state index contributed by atoms with van der Waals surface area (Å²) in [5.74, 6) is 0. The number of hydrogen-bond acceptors (Lipinski definition) is 1. The van der Waals surface area contributed by atoms with Crippen LogP contribution in [0.15, 0.2) is 237 Å². The molecule has 0 saturated carbocycles. The molecule has 0 amide bonds. The van der Waals surface area contributed by atoms with E-state index in [-0.39, 0.29) is 0 Å². The summed E-state index contributed by atoms with van der Waals surface area (Å²) in [7, 11) is 0. The normalized spacial score (nSPS) is 13.1. The largest absolute Gasteiger partial charge is 0.310 e. The zero-order valence-electron chi connectivity index (χ0n) is 35.0. The monoisotopic (exact) mass is 809 g/mol. The van der Waals surface area contributed by atoms with Crippen LogP contribution in [0.4, 0.5) is 17.1 Å². The van der Waals surface area contributed by atoms with Gasteiger partial charge in [0.1, 0.15) is 0 Å². The number of nitrogens with zero attached hydrogens (tertiary/aromatic N) is 1. The van der Waals surface area contributed by atoms with Crippen LogP contribution in [-0.4, -0.2) is 0 Å². The van der Waals surface area contributed by atoms with Crippen LogP contribution in [0.2, 0.25) is 0 Å². The fourth-order valence-corrected chi connectivity index (χ4v) is 11.9. The van der Waals surface area contributed by atoms with E-state index in [0.29, 0.717) is 0 Å². The topological polar surface area (TPSA) is 3.24 Å². The highest BCUT2D eigenvalue weighted by atomic mass is 15.1. The molecule has 0 bridgehead atoms. The Morgan fingerprint density at radius 2 is 0.594 bits per heavy atom. The third kappa shape index (κ3) is 4.73. The van der Waals surface area contributed by atoms with Crippen LogP contribution in [0.5, 0.6) is 0 Å². The zero-order chi connectivity index (χ0) is 41.9. The second kappa shape index (κ2) is 13.4. The molecule has 0 radical (unpaired) electrons. The Balaban J connectivity index is 1.08. The Morgan fingerprint density at radius 1 is 0.234 bits per heavy atom. The third-order valence-corrected chi connectivity index (χ3v) is 14.4. The van der Waals surface area contributed by atoms with Gasteiger partial charge in [0, 0.05) is 16.8 Å². The van der Waals surface area contributed by atoms with E-state index >= 15 is 0 Å². The van der Waals surface area contributed by atoms with Crippen molar-refractivity contribution in [2.24, 2.45) is 0 Å². The summed E-state index contributed by atoms with van der Waals surface area (Å²) in [5, 5.41) is 4.92. The molecule has 0 fully saturated rings. The van der Waals surface area contributed by atoms with E-state index in [1.807, 2.05) is 0 Å². The molecule has 1 heteroatoms. The molecular weight excluding hydrogens is 771 g/mol. The van der Waals surface area contributed by atoms with Crippen molar-refractivity contribution < 1.29 is 0 Å². The Labute approximate surface area is 372 Å². The molecule has 3 aliphatic rings. The number of fused-ring (bicyclic) bond motifs is 21. The van der Waals surface area contributed by atoms with E-state index in [1.54, 1.807) is 0 Å². The zero-order valence-corrected chi connectivity index (χ0v) is 35.0. The van der Waals surface area contributed by atoms with E-state index < -0.39 is 5.41 Å². The number of hydrogen-bond donors (Lipinski definition) is 0. The lowest BCUT2D eigenvalue weighted by Gasteiger charge is -2.33. The maximum atomic E-state index is 2.54. The van der Waals surface area contributed by atoms with E-state index in [0.717, 1.165) is 17.1 Å². The van der Waals surface area contributed by atoms with Crippen LogP contribution in [-0.2, 0) is 5.41 Å². The average molecular weight is 810 g/mol. The average Bonchev–Trinajstić information content (AvgIpc) is 3.83. The second-order valence-corrected chi connectivity index (χ2v) is 17.5. The van der Waals surface area contributed by atoms with Crippen molar-refractivity contribution in [2.45, 2.75) is 5.41 Å². The molecule has 0 aliphatic heterocycles. The predicted octanol–water partition coefficient (Wildman–Crippen LogP) is 16.8. The summed E-state index contributed by atoms with van der Waals surface area (Å²) in [6.45, 7) is 0. The van der Waals surface area contributed by atoms with E-state index in [4.69, 9.17) is 0 Å². The van der Waals surface area contributed by atoms with E-state index in [2.05, 4.69) is 241 Å². The van der Waals surface area contributed by atoms with Crippen molar-refractivity contribution in [3.63, 3.8) is 0 Å². The molecule has 0 aromatic heterocycles. The molecule has 64 heavy (non-hydrogen) atoms. The van der Waals surface area contributed by atoms with Crippen LogP contribution in [0, 0.1) is 0 Å². The Kier molecular flexibility index (Phi) is 7.38. The smallest absolute Gasteiger partial charge is 0.0726 e. The predicted molar refractivity (Wildman–Crippen MR) is 268 cm³/mol. The summed E-state index contributed by atoms with van der Waals surface area (Å²) in [5.41, 5.74) is 23.4. The van der Waals surface area contributed by atoms with Gasteiger partial charge in [-0.1, -0.05) is 206 Å². The van der Waals surface area contributed by atoms with Crippen LogP contribution in [0.3, 0.4) is 0 Å². The van der Waals surface area contributed by atoms with Gasteiger partial charge >= 0.3 is 0 Å². The van der Waals surface area contributed by atoms with Gasteiger partial charge in [0.25, 0.3) is 0 Å². The van der Waals surface area contributed by atoms with Gasteiger partial charge in [-0.05, 0) is 136 Å². The fourth-order valence-electron chi connectivity index (χ4n) is 11.9. The Bertz CT molecular complexity index is 3690. The van der Waals surface area contributed by atoms with Crippen molar-refractivity contribution in [1.29, 1.82) is 0 Å². The van der Waals surface area contributed by atoms with Gasteiger partial charge in [0.05, 0.1) is 11.1 Å². The first-order chi connectivity index (χ1) is 31.8. The van der Waals surface area contributed by atoms with Crippen molar-refractivity contribution in [1.82, 2.24) is 0 Å². The fraction of sp³-hybridized carbons (Fsp3) is 0.0159. The molecule has 11 aromatic rings. The van der Waals surface area contributed by atoms with Crippen molar-refractivity contribution in [2.75, 3.05) is 4.90 Å². The van der Waals surface area contributed by atoms with Crippen molar-refractivity contribution in [3.8, 4) is 66.8 Å². The molecule has 0 unspecified atom stereocenters. The van der Waals surface area contributed by atoms with Gasteiger partial charge in [-0.2, -0.15) is 0 Å². The first-order valence-electron chi connectivity index (χ1n) is 22.3. The Morgan fingerprint density at radius 3 is 1.12 bits per heavy atom. The molecule has 11 aromatic carbocycles. The summed E-state index contributed by atoms with van der Waals surface area (Å²) in [6.07, 6.45) is 0. The van der Waals surface area contributed by atoms with Crippen molar-refractivity contribution >= 4 is 38.6 Å². The number of anilines is 3. The molecule has 296 valence electrons. The van der Waals surface area contributed by atoms with Crippen LogP contribution >= 0.6 is 0 Å². The highest BCUT2D eigenvalue weighted by molar-refractivity contribution is 6.15. The summed E-state index contributed by atoms with van der Waals surface area (Å²) in [6, 6.07) is 88.7. The highest BCUT2D eigenvalue weighted by Gasteiger charge is 2.51. The van der Waals surface area contributed by atoms with Crippen LogP contribution in [0.1, 0.15) is 22.3 Å². The van der Waals surface area contributed by atoms with E-state index in [9.17, 15) is 0 Å². The maximum Gasteiger partial charge on any atom is 0.0726 e. The first-order valence-corrected chi connectivity index (χ1v) is 22.3. The quantitative estimate of drug-likeness (QED) is 0.161.